The molecule has 0 radical (unpaired) electrons. The quantitative estimate of drug-likeness (QED) is 0.768. The molecule has 19 heavy (non-hydrogen) atoms. The van der Waals surface area contributed by atoms with Gasteiger partial charge in [0, 0.05) is 23.0 Å². The topological polar surface area (TPSA) is 16.1 Å². The van der Waals surface area contributed by atoms with E-state index < -0.39 is 0 Å². The molecule has 2 aromatic rings. The van der Waals surface area contributed by atoms with Gasteiger partial charge >= 0.3 is 0 Å². The van der Waals surface area contributed by atoms with E-state index in [1.807, 2.05) is 23.5 Å². The fourth-order valence-corrected chi connectivity index (χ4v) is 4.22. The Morgan fingerprint density at radius 1 is 1.26 bits per heavy atom. The van der Waals surface area contributed by atoms with Gasteiger partial charge in [-0.15, -0.1) is 11.3 Å². The third kappa shape index (κ3) is 2.51. The lowest BCUT2D eigenvalue weighted by Crippen LogP contribution is -2.43. The van der Waals surface area contributed by atoms with E-state index in [0.717, 1.165) is 10.5 Å². The maximum Gasteiger partial charge on any atom is 0.0970 e. The summed E-state index contributed by atoms with van der Waals surface area (Å²) >= 11 is 7.87. The smallest absolute Gasteiger partial charge is 0.0970 e. The highest BCUT2D eigenvalue weighted by Gasteiger charge is 2.30. The summed E-state index contributed by atoms with van der Waals surface area (Å²) in [5, 5.41) is 2.05. The van der Waals surface area contributed by atoms with E-state index in [1.54, 1.807) is 0 Å². The largest absolute Gasteiger partial charge is 0.301 e. The highest BCUT2D eigenvalue weighted by molar-refractivity contribution is 7.18. The molecule has 0 spiro atoms. The molecule has 2 heterocycles. The van der Waals surface area contributed by atoms with Gasteiger partial charge in [0.1, 0.15) is 0 Å². The van der Waals surface area contributed by atoms with Crippen molar-refractivity contribution in [1.82, 2.24) is 9.88 Å². The first-order valence-corrected chi connectivity index (χ1v) is 8.02. The van der Waals surface area contributed by atoms with Crippen molar-refractivity contribution in [2.45, 2.75) is 44.7 Å². The van der Waals surface area contributed by atoms with Gasteiger partial charge in [-0.1, -0.05) is 11.6 Å². The molecule has 0 aliphatic carbocycles. The number of aromatic nitrogens is 1. The number of halogens is 1. The molecule has 1 saturated heterocycles. The van der Waals surface area contributed by atoms with Gasteiger partial charge in [0.2, 0.25) is 0 Å². The van der Waals surface area contributed by atoms with E-state index in [2.05, 4.69) is 31.9 Å². The molecule has 0 saturated carbocycles. The van der Waals surface area contributed by atoms with Crippen molar-refractivity contribution >= 4 is 33.2 Å². The van der Waals surface area contributed by atoms with Crippen molar-refractivity contribution in [2.24, 2.45) is 0 Å². The van der Waals surface area contributed by atoms with Gasteiger partial charge in [0.05, 0.1) is 15.2 Å². The van der Waals surface area contributed by atoms with Crippen molar-refractivity contribution in [3.05, 3.63) is 28.2 Å². The number of likely N-dealkylation sites (tertiary alicyclic amines) is 1. The monoisotopic (exact) mass is 294 g/mol. The Morgan fingerprint density at radius 2 is 1.95 bits per heavy atom. The van der Waals surface area contributed by atoms with E-state index in [0.29, 0.717) is 18.0 Å². The van der Waals surface area contributed by atoms with Gasteiger partial charge in [0.25, 0.3) is 0 Å². The predicted octanol–water partition coefficient (Wildman–Crippen LogP) is 4.54. The third-order valence-corrected chi connectivity index (χ3v) is 5.79. The highest BCUT2D eigenvalue weighted by atomic mass is 35.5. The zero-order valence-electron chi connectivity index (χ0n) is 11.6. The second-order valence-corrected chi connectivity index (χ2v) is 7.19. The lowest BCUT2D eigenvalue weighted by Gasteiger charge is -2.39. The minimum atomic E-state index is 0.595. The van der Waals surface area contributed by atoms with Crippen LogP contribution >= 0.6 is 22.9 Å². The second-order valence-electron chi connectivity index (χ2n) is 5.70. The Balaban J connectivity index is 1.92. The molecule has 1 aromatic heterocycles. The summed E-state index contributed by atoms with van der Waals surface area (Å²) in [7, 11) is 2.23. The molecule has 2 atom stereocenters. The van der Waals surface area contributed by atoms with Gasteiger partial charge in [-0.05, 0) is 51.9 Å². The Morgan fingerprint density at radius 3 is 2.63 bits per heavy atom. The molecule has 3 rings (SSSR count). The summed E-state index contributed by atoms with van der Waals surface area (Å²) < 4.78 is 1.25. The minimum absolute atomic E-state index is 0.595. The number of hydrogen-bond acceptors (Lipinski definition) is 3. The maximum atomic E-state index is 6.04. The van der Waals surface area contributed by atoms with E-state index in [9.17, 15) is 0 Å². The van der Waals surface area contributed by atoms with Gasteiger partial charge in [-0.3, -0.25) is 0 Å². The number of benzene rings is 1. The third-order valence-electron chi connectivity index (χ3n) is 4.36. The van der Waals surface area contributed by atoms with Crippen LogP contribution in [0.25, 0.3) is 10.2 Å². The Hall–Kier alpha value is -0.640. The molecule has 2 nitrogen and oxygen atoms in total. The summed E-state index contributed by atoms with van der Waals surface area (Å²) in [6, 6.07) is 7.26. The molecule has 0 bridgehead atoms. The van der Waals surface area contributed by atoms with E-state index in [4.69, 9.17) is 16.6 Å². The number of piperidine rings is 1. The maximum absolute atomic E-state index is 6.04. The van der Waals surface area contributed by atoms with Crippen LogP contribution in [-0.4, -0.2) is 29.0 Å². The van der Waals surface area contributed by atoms with E-state index in [1.165, 1.54) is 22.5 Å². The SMILES string of the molecule is CC1CC(c2nc3cc(Cl)ccc3s2)CC(C)N1C. The van der Waals surface area contributed by atoms with Crippen molar-refractivity contribution in [3.8, 4) is 0 Å². The first-order valence-electron chi connectivity index (χ1n) is 6.82. The van der Waals surface area contributed by atoms with Crippen molar-refractivity contribution < 1.29 is 0 Å². The molecule has 0 amide bonds. The van der Waals surface area contributed by atoms with Crippen LogP contribution in [-0.2, 0) is 0 Å². The summed E-state index contributed by atoms with van der Waals surface area (Å²) in [4.78, 5) is 7.28. The molecule has 4 heteroatoms. The standard InChI is InChI=1S/C15H19ClN2S/c1-9-6-11(7-10(2)18(9)3)15-17-13-8-12(16)4-5-14(13)19-15/h4-5,8-11H,6-7H2,1-3H3. The molecule has 1 aliphatic heterocycles. The van der Waals surface area contributed by atoms with Crippen molar-refractivity contribution in [1.29, 1.82) is 0 Å². The van der Waals surface area contributed by atoms with Crippen LogP contribution in [0.4, 0.5) is 0 Å². The molecule has 0 N–H and O–H groups in total. The van der Waals surface area contributed by atoms with Crippen LogP contribution in [0.5, 0.6) is 0 Å². The number of hydrogen-bond donors (Lipinski definition) is 0. The van der Waals surface area contributed by atoms with Crippen LogP contribution in [0.1, 0.15) is 37.6 Å². The summed E-state index contributed by atoms with van der Waals surface area (Å²) in [5.41, 5.74) is 1.05. The molecular formula is C15H19ClN2S. The number of thiazole rings is 1. The normalized spacial score (nSPS) is 28.9. The first-order chi connectivity index (χ1) is 9.04. The average molecular weight is 295 g/mol. The zero-order chi connectivity index (χ0) is 13.6. The van der Waals surface area contributed by atoms with E-state index >= 15 is 0 Å². The first kappa shape index (κ1) is 13.3. The van der Waals surface area contributed by atoms with Crippen molar-refractivity contribution in [2.75, 3.05) is 7.05 Å². The number of rotatable bonds is 1. The lowest BCUT2D eigenvalue weighted by atomic mass is 9.88. The fraction of sp³-hybridized carbons (Fsp3) is 0.533. The van der Waals surface area contributed by atoms with Crippen LogP contribution in [0.15, 0.2) is 18.2 Å². The summed E-state index contributed by atoms with van der Waals surface area (Å²) in [6.07, 6.45) is 2.41. The van der Waals surface area contributed by atoms with Gasteiger partial charge < -0.3 is 4.90 Å². The van der Waals surface area contributed by atoms with E-state index in [-0.39, 0.29) is 0 Å². The fourth-order valence-electron chi connectivity index (χ4n) is 2.98. The molecule has 102 valence electrons. The second kappa shape index (κ2) is 5.04. The van der Waals surface area contributed by atoms with Crippen LogP contribution in [0, 0.1) is 0 Å². The molecule has 1 fully saturated rings. The molecule has 2 unspecified atom stereocenters. The minimum Gasteiger partial charge on any atom is -0.301 e. The van der Waals surface area contributed by atoms with Gasteiger partial charge in [-0.2, -0.15) is 0 Å². The Kier molecular flexibility index (Phi) is 3.54. The van der Waals surface area contributed by atoms with Gasteiger partial charge in [0.15, 0.2) is 0 Å². The molecule has 1 aromatic carbocycles. The Labute approximate surface area is 123 Å². The van der Waals surface area contributed by atoms with Crippen LogP contribution in [0.2, 0.25) is 5.02 Å². The van der Waals surface area contributed by atoms with Crippen molar-refractivity contribution in [3.63, 3.8) is 0 Å². The van der Waals surface area contributed by atoms with Crippen LogP contribution in [0.3, 0.4) is 0 Å². The number of nitrogens with zero attached hydrogens (tertiary/aromatic N) is 2. The highest BCUT2D eigenvalue weighted by Crippen LogP contribution is 2.38. The zero-order valence-corrected chi connectivity index (χ0v) is 13.1. The number of fused-ring (bicyclic) bond motifs is 1. The summed E-state index contributed by atoms with van der Waals surface area (Å²) in [5.74, 6) is 0.595. The average Bonchev–Trinajstić information content (AvgIpc) is 2.78. The van der Waals surface area contributed by atoms with Crippen LogP contribution < -0.4 is 0 Å². The van der Waals surface area contributed by atoms with Gasteiger partial charge in [-0.25, -0.2) is 4.98 Å². The molecular weight excluding hydrogens is 276 g/mol. The molecule has 1 aliphatic rings. The summed E-state index contributed by atoms with van der Waals surface area (Å²) in [6.45, 7) is 4.62. The Bertz CT molecular complexity index is 583. The lowest BCUT2D eigenvalue weighted by molar-refractivity contribution is 0.122. The predicted molar refractivity (Wildman–Crippen MR) is 83.3 cm³/mol.